The van der Waals surface area contributed by atoms with Crippen LogP contribution in [0.3, 0.4) is 0 Å². The third kappa shape index (κ3) is 8.24. The maximum atomic E-state index is 13.7. The second kappa shape index (κ2) is 12.5. The first kappa shape index (κ1) is 24.1. The van der Waals surface area contributed by atoms with E-state index < -0.39 is 24.3 Å². The number of carboxylic acids is 1. The first-order valence-electron chi connectivity index (χ1n) is 10.5. The maximum Gasteiger partial charge on any atom is 0.303 e. The summed E-state index contributed by atoms with van der Waals surface area (Å²) < 4.78 is 13.7. The van der Waals surface area contributed by atoms with Gasteiger partial charge in [0, 0.05) is 17.1 Å². The number of halogens is 1. The van der Waals surface area contributed by atoms with E-state index in [1.54, 1.807) is 18.2 Å². The number of carboxylic acid groups (broad SMARTS) is 1. The average Bonchev–Trinajstić information content (AvgIpc) is 2.94. The van der Waals surface area contributed by atoms with Crippen LogP contribution in [0.25, 0.3) is 0 Å². The number of rotatable bonds is 13. The zero-order valence-electron chi connectivity index (χ0n) is 16.8. The molecule has 0 aromatic heterocycles. The Kier molecular flexibility index (Phi) is 10.4. The molecular formula is C22H33FO5S. The monoisotopic (exact) mass is 428 g/mol. The lowest BCUT2D eigenvalue weighted by Crippen LogP contribution is -2.24. The Morgan fingerprint density at radius 3 is 2.41 bits per heavy atom. The van der Waals surface area contributed by atoms with Gasteiger partial charge in [-0.25, -0.2) is 4.39 Å². The summed E-state index contributed by atoms with van der Waals surface area (Å²) >= 11 is 1.28. The fourth-order valence-electron chi connectivity index (χ4n) is 4.21. The van der Waals surface area contributed by atoms with E-state index in [9.17, 15) is 24.5 Å². The highest BCUT2D eigenvalue weighted by Crippen LogP contribution is 2.39. The molecule has 0 heterocycles. The molecule has 0 radical (unpaired) electrons. The van der Waals surface area contributed by atoms with Crippen LogP contribution in [0.15, 0.2) is 29.2 Å². The molecule has 0 saturated heterocycles. The lowest BCUT2D eigenvalue weighted by Gasteiger charge is -2.24. The third-order valence-electron chi connectivity index (χ3n) is 5.80. The lowest BCUT2D eigenvalue weighted by molar-refractivity contribution is -0.137. The maximum absolute atomic E-state index is 13.7. The zero-order valence-corrected chi connectivity index (χ0v) is 17.6. The van der Waals surface area contributed by atoms with E-state index in [1.807, 2.05) is 0 Å². The standard InChI is InChI=1S/C22H33FO5S/c23-18-8-5-6-9-21(18)29-14-15(24)11-12-17-16(19(25)13-20(17)26)7-3-1-2-4-10-22(27)28/h5-6,8-9,15-17,19-20,24-26H,1-4,7,10-14H2,(H,27,28)/t15-,16?,17?,19+,20-/m1/s1. The minimum Gasteiger partial charge on any atom is -0.481 e. The highest BCUT2D eigenvalue weighted by Gasteiger charge is 2.40. The predicted octanol–water partition coefficient (Wildman–Crippen LogP) is 3.84. The lowest BCUT2D eigenvalue weighted by atomic mass is 9.85. The molecule has 1 aliphatic rings. The van der Waals surface area contributed by atoms with Crippen molar-refractivity contribution in [2.75, 3.05) is 5.75 Å². The van der Waals surface area contributed by atoms with Crippen molar-refractivity contribution < 1.29 is 29.6 Å². The number of carbonyl (C=O) groups is 1. The largest absolute Gasteiger partial charge is 0.481 e. The van der Waals surface area contributed by atoms with Gasteiger partial charge in [-0.05, 0) is 56.1 Å². The summed E-state index contributed by atoms with van der Waals surface area (Å²) in [6.07, 6.45) is 4.15. The Morgan fingerprint density at radius 2 is 1.72 bits per heavy atom. The molecule has 1 fully saturated rings. The van der Waals surface area contributed by atoms with Gasteiger partial charge in [-0.2, -0.15) is 0 Å². The van der Waals surface area contributed by atoms with E-state index in [2.05, 4.69) is 0 Å². The second-order valence-electron chi connectivity index (χ2n) is 8.02. The van der Waals surface area contributed by atoms with Crippen molar-refractivity contribution >= 4 is 17.7 Å². The fraction of sp³-hybridized carbons (Fsp3) is 0.682. The van der Waals surface area contributed by atoms with Crippen LogP contribution in [0.2, 0.25) is 0 Å². The van der Waals surface area contributed by atoms with Crippen LogP contribution in [-0.4, -0.2) is 50.5 Å². The first-order valence-corrected chi connectivity index (χ1v) is 11.5. The fourth-order valence-corrected chi connectivity index (χ4v) is 5.13. The quantitative estimate of drug-likeness (QED) is 0.281. The number of hydrogen-bond acceptors (Lipinski definition) is 5. The van der Waals surface area contributed by atoms with Gasteiger partial charge in [0.25, 0.3) is 0 Å². The molecule has 2 unspecified atom stereocenters. The summed E-state index contributed by atoms with van der Waals surface area (Å²) in [5, 5.41) is 39.6. The van der Waals surface area contributed by atoms with Gasteiger partial charge in [0.15, 0.2) is 0 Å². The van der Waals surface area contributed by atoms with E-state index >= 15 is 0 Å². The number of aliphatic carboxylic acids is 1. The van der Waals surface area contributed by atoms with Gasteiger partial charge in [-0.3, -0.25) is 4.79 Å². The number of unbranched alkanes of at least 4 members (excludes halogenated alkanes) is 3. The van der Waals surface area contributed by atoms with E-state index in [0.717, 1.165) is 25.7 Å². The molecule has 0 aliphatic heterocycles. The molecule has 1 aromatic rings. The summed E-state index contributed by atoms with van der Waals surface area (Å²) in [5.41, 5.74) is 0. The Hall–Kier alpha value is -1.15. The second-order valence-corrected chi connectivity index (χ2v) is 9.08. The zero-order chi connectivity index (χ0) is 21.2. The van der Waals surface area contributed by atoms with Crippen LogP contribution in [0, 0.1) is 17.7 Å². The van der Waals surface area contributed by atoms with Crippen molar-refractivity contribution in [1.29, 1.82) is 0 Å². The Bertz CT molecular complexity index is 629. The molecular weight excluding hydrogens is 395 g/mol. The molecule has 1 aromatic carbocycles. The average molecular weight is 429 g/mol. The molecule has 2 rings (SSSR count). The van der Waals surface area contributed by atoms with Crippen molar-refractivity contribution in [3.8, 4) is 0 Å². The minimum absolute atomic E-state index is 0.0101. The summed E-state index contributed by atoms with van der Waals surface area (Å²) in [6, 6.07) is 6.49. The van der Waals surface area contributed by atoms with Gasteiger partial charge >= 0.3 is 5.97 Å². The molecule has 0 amide bonds. The van der Waals surface area contributed by atoms with Crippen molar-refractivity contribution in [3.05, 3.63) is 30.1 Å². The topological polar surface area (TPSA) is 98.0 Å². The molecule has 4 N–H and O–H groups in total. The molecule has 0 bridgehead atoms. The number of aliphatic hydroxyl groups excluding tert-OH is 3. The van der Waals surface area contributed by atoms with Crippen molar-refractivity contribution in [3.63, 3.8) is 0 Å². The van der Waals surface area contributed by atoms with Gasteiger partial charge in [0.05, 0.1) is 18.3 Å². The number of aliphatic hydroxyl groups is 3. The van der Waals surface area contributed by atoms with Gasteiger partial charge in [0.2, 0.25) is 0 Å². The highest BCUT2D eigenvalue weighted by atomic mass is 32.2. The van der Waals surface area contributed by atoms with Crippen LogP contribution >= 0.6 is 11.8 Å². The van der Waals surface area contributed by atoms with Gasteiger partial charge in [-0.15, -0.1) is 11.8 Å². The molecule has 29 heavy (non-hydrogen) atoms. The van der Waals surface area contributed by atoms with Crippen molar-refractivity contribution in [1.82, 2.24) is 0 Å². The molecule has 1 saturated carbocycles. The van der Waals surface area contributed by atoms with Gasteiger partial charge in [0.1, 0.15) is 5.82 Å². The third-order valence-corrected chi connectivity index (χ3v) is 6.99. The number of thioether (sulfide) groups is 1. The summed E-state index contributed by atoms with van der Waals surface area (Å²) in [5.74, 6) is -0.706. The minimum atomic E-state index is -0.772. The Labute approximate surface area is 176 Å². The summed E-state index contributed by atoms with van der Waals surface area (Å²) in [4.78, 5) is 11.0. The predicted molar refractivity (Wildman–Crippen MR) is 111 cm³/mol. The van der Waals surface area contributed by atoms with Crippen LogP contribution in [0.4, 0.5) is 4.39 Å². The molecule has 0 spiro atoms. The van der Waals surface area contributed by atoms with Crippen molar-refractivity contribution in [2.24, 2.45) is 11.8 Å². The number of benzene rings is 1. The van der Waals surface area contributed by atoms with Crippen LogP contribution < -0.4 is 0 Å². The van der Waals surface area contributed by atoms with E-state index in [4.69, 9.17) is 5.11 Å². The summed E-state index contributed by atoms with van der Waals surface area (Å²) in [7, 11) is 0. The molecule has 1 aliphatic carbocycles. The number of hydrogen-bond donors (Lipinski definition) is 4. The van der Waals surface area contributed by atoms with E-state index in [1.165, 1.54) is 17.8 Å². The van der Waals surface area contributed by atoms with E-state index in [0.29, 0.717) is 36.3 Å². The molecule has 5 atom stereocenters. The SMILES string of the molecule is O=C(O)CCCCCCC1C(CC[C@@H](O)CSc2ccccc2F)[C@H](O)C[C@@H]1O. The van der Waals surface area contributed by atoms with Crippen molar-refractivity contribution in [2.45, 2.75) is 81.0 Å². The Balaban J connectivity index is 1.72. The van der Waals surface area contributed by atoms with Crippen LogP contribution in [0.1, 0.15) is 57.8 Å². The Morgan fingerprint density at radius 1 is 1.07 bits per heavy atom. The van der Waals surface area contributed by atoms with E-state index in [-0.39, 0.29) is 24.1 Å². The van der Waals surface area contributed by atoms with Gasteiger partial charge < -0.3 is 20.4 Å². The van der Waals surface area contributed by atoms with Crippen LogP contribution in [0.5, 0.6) is 0 Å². The summed E-state index contributed by atoms with van der Waals surface area (Å²) in [6.45, 7) is 0. The first-order chi connectivity index (χ1) is 13.9. The molecule has 5 nitrogen and oxygen atoms in total. The van der Waals surface area contributed by atoms with Gasteiger partial charge in [-0.1, -0.05) is 31.4 Å². The highest BCUT2D eigenvalue weighted by molar-refractivity contribution is 7.99. The molecule has 7 heteroatoms. The van der Waals surface area contributed by atoms with Crippen LogP contribution in [-0.2, 0) is 4.79 Å². The normalized spacial score (nSPS) is 25.2. The molecule has 164 valence electrons. The smallest absolute Gasteiger partial charge is 0.303 e.